The van der Waals surface area contributed by atoms with Gasteiger partial charge in [-0.2, -0.15) is 0 Å². The summed E-state index contributed by atoms with van der Waals surface area (Å²) in [5, 5.41) is 2.93. The van der Waals surface area contributed by atoms with Crippen LogP contribution in [0.1, 0.15) is 11.4 Å². The van der Waals surface area contributed by atoms with Gasteiger partial charge in [0.25, 0.3) is 0 Å². The molecule has 0 aliphatic rings. The summed E-state index contributed by atoms with van der Waals surface area (Å²) >= 11 is 0. The van der Waals surface area contributed by atoms with E-state index in [1.54, 1.807) is 12.3 Å². The van der Waals surface area contributed by atoms with Crippen molar-refractivity contribution in [2.24, 2.45) is 0 Å². The normalized spacial score (nSPS) is 10.6. The summed E-state index contributed by atoms with van der Waals surface area (Å²) < 4.78 is 26.2. The van der Waals surface area contributed by atoms with Crippen molar-refractivity contribution in [3.8, 4) is 0 Å². The molecule has 1 aromatic heterocycles. The first-order valence-electron chi connectivity index (χ1n) is 5.37. The van der Waals surface area contributed by atoms with Crippen LogP contribution in [0.4, 0.5) is 14.6 Å². The van der Waals surface area contributed by atoms with Crippen molar-refractivity contribution < 1.29 is 8.78 Å². The average molecular weight is 250 g/mol. The number of nitrogens with two attached hydrogens (primary N) is 1. The van der Waals surface area contributed by atoms with E-state index < -0.39 is 11.6 Å². The Morgan fingerprint density at radius 3 is 2.78 bits per heavy atom. The van der Waals surface area contributed by atoms with Gasteiger partial charge < -0.3 is 11.1 Å². The van der Waals surface area contributed by atoms with Gasteiger partial charge in [0.2, 0.25) is 0 Å². The van der Waals surface area contributed by atoms with E-state index in [-0.39, 0.29) is 12.1 Å². The maximum absolute atomic E-state index is 13.3. The summed E-state index contributed by atoms with van der Waals surface area (Å²) in [6.45, 7) is 0.531. The minimum atomic E-state index is -0.464. The molecule has 2 aromatic rings. The van der Waals surface area contributed by atoms with Crippen LogP contribution in [0, 0.1) is 11.6 Å². The lowest BCUT2D eigenvalue weighted by Gasteiger charge is -2.05. The summed E-state index contributed by atoms with van der Waals surface area (Å²) in [7, 11) is 0. The minimum absolute atomic E-state index is 0.196. The Labute approximate surface area is 103 Å². The highest BCUT2D eigenvalue weighted by molar-refractivity contribution is 5.25. The number of aromatic nitrogens is 2. The monoisotopic (exact) mass is 250 g/mol. The zero-order chi connectivity index (χ0) is 13.0. The van der Waals surface area contributed by atoms with Crippen molar-refractivity contribution in [1.29, 1.82) is 0 Å². The van der Waals surface area contributed by atoms with E-state index in [0.29, 0.717) is 18.2 Å². The van der Waals surface area contributed by atoms with E-state index in [9.17, 15) is 8.78 Å². The van der Waals surface area contributed by atoms with Gasteiger partial charge in [0.15, 0.2) is 0 Å². The van der Waals surface area contributed by atoms with Crippen LogP contribution < -0.4 is 11.1 Å². The Kier molecular flexibility index (Phi) is 3.78. The standard InChI is InChI=1S/C12H12F2N4/c13-9-1-2-10(14)8(5-9)6-16-7-12-17-4-3-11(15)18-12/h1-5,16H,6-7H2,(H2,15,17,18). The first-order valence-corrected chi connectivity index (χ1v) is 5.37. The first kappa shape index (κ1) is 12.4. The topological polar surface area (TPSA) is 63.8 Å². The zero-order valence-electron chi connectivity index (χ0n) is 9.53. The summed E-state index contributed by atoms with van der Waals surface area (Å²) in [5.41, 5.74) is 5.76. The molecule has 0 amide bonds. The molecule has 0 saturated carbocycles. The van der Waals surface area contributed by atoms with Crippen LogP contribution in [0.5, 0.6) is 0 Å². The zero-order valence-corrected chi connectivity index (χ0v) is 9.53. The Balaban J connectivity index is 1.94. The molecular formula is C12H12F2N4. The lowest BCUT2D eigenvalue weighted by molar-refractivity contribution is 0.565. The van der Waals surface area contributed by atoms with Crippen LogP contribution in [0.2, 0.25) is 0 Å². The number of anilines is 1. The molecule has 0 unspecified atom stereocenters. The third-order valence-corrected chi connectivity index (χ3v) is 2.33. The molecule has 18 heavy (non-hydrogen) atoms. The van der Waals surface area contributed by atoms with Crippen molar-refractivity contribution in [2.75, 3.05) is 5.73 Å². The van der Waals surface area contributed by atoms with Crippen LogP contribution in [-0.4, -0.2) is 9.97 Å². The van der Waals surface area contributed by atoms with E-state index in [1.165, 1.54) is 0 Å². The number of halogens is 2. The second kappa shape index (κ2) is 5.50. The SMILES string of the molecule is Nc1ccnc(CNCc2cc(F)ccc2F)n1. The Hall–Kier alpha value is -2.08. The molecule has 4 nitrogen and oxygen atoms in total. The van der Waals surface area contributed by atoms with Gasteiger partial charge in [-0.3, -0.25) is 0 Å². The lowest BCUT2D eigenvalue weighted by atomic mass is 10.2. The van der Waals surface area contributed by atoms with Gasteiger partial charge in [0, 0.05) is 18.3 Å². The fraction of sp³-hybridized carbons (Fsp3) is 0.167. The molecule has 0 radical (unpaired) electrons. The molecule has 94 valence electrons. The van der Waals surface area contributed by atoms with E-state index >= 15 is 0 Å². The quantitative estimate of drug-likeness (QED) is 0.865. The molecule has 2 rings (SSSR count). The van der Waals surface area contributed by atoms with Crippen molar-refractivity contribution in [3.63, 3.8) is 0 Å². The number of hydrogen-bond acceptors (Lipinski definition) is 4. The largest absolute Gasteiger partial charge is 0.384 e. The second-order valence-electron chi connectivity index (χ2n) is 3.74. The summed E-state index contributed by atoms with van der Waals surface area (Å²) in [5.74, 6) is -0.0312. The van der Waals surface area contributed by atoms with E-state index in [2.05, 4.69) is 15.3 Å². The fourth-order valence-corrected chi connectivity index (χ4v) is 1.49. The Morgan fingerprint density at radius 1 is 1.17 bits per heavy atom. The molecule has 0 aliphatic carbocycles. The van der Waals surface area contributed by atoms with Crippen LogP contribution in [-0.2, 0) is 13.1 Å². The molecule has 0 saturated heterocycles. The van der Waals surface area contributed by atoms with Gasteiger partial charge in [-0.05, 0) is 24.3 Å². The van der Waals surface area contributed by atoms with E-state index in [1.807, 2.05) is 0 Å². The third kappa shape index (κ3) is 3.21. The Bertz CT molecular complexity index is 545. The van der Waals surface area contributed by atoms with Crippen LogP contribution in [0.25, 0.3) is 0 Å². The highest BCUT2D eigenvalue weighted by atomic mass is 19.1. The van der Waals surface area contributed by atoms with Gasteiger partial charge in [0.1, 0.15) is 23.3 Å². The van der Waals surface area contributed by atoms with Crippen LogP contribution in [0.15, 0.2) is 30.5 Å². The molecule has 1 aromatic carbocycles. The highest BCUT2D eigenvalue weighted by Crippen LogP contribution is 2.09. The maximum atomic E-state index is 13.3. The molecule has 6 heteroatoms. The molecular weight excluding hydrogens is 238 g/mol. The summed E-state index contributed by atoms with van der Waals surface area (Å²) in [6.07, 6.45) is 1.54. The van der Waals surface area contributed by atoms with Crippen LogP contribution >= 0.6 is 0 Å². The smallest absolute Gasteiger partial charge is 0.144 e. The molecule has 0 bridgehead atoms. The van der Waals surface area contributed by atoms with E-state index in [0.717, 1.165) is 18.2 Å². The van der Waals surface area contributed by atoms with Crippen LogP contribution in [0.3, 0.4) is 0 Å². The van der Waals surface area contributed by atoms with Crippen molar-refractivity contribution in [2.45, 2.75) is 13.1 Å². The molecule has 0 spiro atoms. The predicted molar refractivity (Wildman–Crippen MR) is 63.3 cm³/mol. The number of rotatable bonds is 4. The van der Waals surface area contributed by atoms with Gasteiger partial charge >= 0.3 is 0 Å². The number of hydrogen-bond donors (Lipinski definition) is 2. The number of nitrogens with zero attached hydrogens (tertiary/aromatic N) is 2. The molecule has 0 fully saturated rings. The first-order chi connectivity index (χ1) is 8.65. The van der Waals surface area contributed by atoms with Gasteiger partial charge in [0.05, 0.1) is 6.54 Å². The fourth-order valence-electron chi connectivity index (χ4n) is 1.49. The minimum Gasteiger partial charge on any atom is -0.384 e. The summed E-state index contributed by atoms with van der Waals surface area (Å²) in [4.78, 5) is 7.97. The average Bonchev–Trinajstić information content (AvgIpc) is 2.34. The predicted octanol–water partition coefficient (Wildman–Crippen LogP) is 1.63. The van der Waals surface area contributed by atoms with Gasteiger partial charge in [-0.25, -0.2) is 18.7 Å². The van der Waals surface area contributed by atoms with Crippen molar-refractivity contribution >= 4 is 5.82 Å². The van der Waals surface area contributed by atoms with Gasteiger partial charge in [-0.1, -0.05) is 0 Å². The number of nitrogens with one attached hydrogen (secondary N) is 1. The number of benzene rings is 1. The lowest BCUT2D eigenvalue weighted by Crippen LogP contribution is -2.16. The van der Waals surface area contributed by atoms with Crippen molar-refractivity contribution in [3.05, 3.63) is 53.5 Å². The highest BCUT2D eigenvalue weighted by Gasteiger charge is 2.04. The van der Waals surface area contributed by atoms with Gasteiger partial charge in [-0.15, -0.1) is 0 Å². The third-order valence-electron chi connectivity index (χ3n) is 2.33. The van der Waals surface area contributed by atoms with Crippen molar-refractivity contribution in [1.82, 2.24) is 15.3 Å². The molecule has 0 atom stereocenters. The number of nitrogen functional groups attached to an aromatic ring is 1. The molecule has 0 aliphatic heterocycles. The summed E-state index contributed by atoms with van der Waals surface area (Å²) in [6, 6.07) is 4.92. The molecule has 1 heterocycles. The molecule has 3 N–H and O–H groups in total. The van der Waals surface area contributed by atoms with E-state index in [4.69, 9.17) is 5.73 Å². The Morgan fingerprint density at radius 2 is 2.00 bits per heavy atom. The maximum Gasteiger partial charge on any atom is 0.144 e. The second-order valence-corrected chi connectivity index (χ2v) is 3.74.